The van der Waals surface area contributed by atoms with E-state index in [1.165, 1.54) is 7.11 Å². The number of fused-ring (bicyclic) bond motifs is 1. The van der Waals surface area contributed by atoms with Gasteiger partial charge in [-0.1, -0.05) is 12.1 Å². The van der Waals surface area contributed by atoms with Crippen LogP contribution in [-0.2, 0) is 0 Å². The molecule has 0 bridgehead atoms. The predicted molar refractivity (Wildman–Crippen MR) is 127 cm³/mol. The van der Waals surface area contributed by atoms with E-state index >= 15 is 0 Å². The van der Waals surface area contributed by atoms with Crippen LogP contribution in [0, 0.1) is 6.92 Å². The molecule has 0 aliphatic heterocycles. The maximum absolute atomic E-state index is 12.6. The smallest absolute Gasteiger partial charge is 0.261 e. The van der Waals surface area contributed by atoms with Gasteiger partial charge >= 0.3 is 0 Å². The minimum atomic E-state index is -0.354. The maximum atomic E-state index is 12.6. The zero-order chi connectivity index (χ0) is 22.7. The van der Waals surface area contributed by atoms with Gasteiger partial charge in [0.25, 0.3) is 5.91 Å². The number of nitrogens with one attached hydrogen (secondary N) is 2. The lowest BCUT2D eigenvalue weighted by Gasteiger charge is -2.13. The number of hydrogen-bond acceptors (Lipinski definition) is 6. The van der Waals surface area contributed by atoms with Crippen LogP contribution < -0.4 is 20.1 Å². The lowest BCUT2D eigenvalue weighted by atomic mass is 10.1. The van der Waals surface area contributed by atoms with Gasteiger partial charge in [0.2, 0.25) is 5.89 Å². The average Bonchev–Trinajstić information content (AvgIpc) is 3.22. The number of rotatable bonds is 5. The van der Waals surface area contributed by atoms with Gasteiger partial charge in [-0.25, -0.2) is 4.98 Å². The number of ether oxygens (including phenoxy) is 2. The highest BCUT2D eigenvalue weighted by Gasteiger charge is 2.15. The SMILES string of the molecule is COc1ccc(-c2nc3cc(NC(=S)NC(=O)c4cccc(C)c4OC)ccc3o2)cc1. The molecule has 0 spiro atoms. The van der Waals surface area contributed by atoms with Crippen LogP contribution in [0.25, 0.3) is 22.6 Å². The minimum Gasteiger partial charge on any atom is -0.497 e. The molecule has 0 saturated carbocycles. The molecule has 2 N–H and O–H groups in total. The Morgan fingerprint density at radius 3 is 2.53 bits per heavy atom. The van der Waals surface area contributed by atoms with Crippen molar-refractivity contribution in [3.63, 3.8) is 0 Å². The minimum absolute atomic E-state index is 0.164. The number of oxazole rings is 1. The summed E-state index contributed by atoms with van der Waals surface area (Å²) in [6.45, 7) is 1.87. The molecule has 0 aliphatic carbocycles. The Labute approximate surface area is 190 Å². The monoisotopic (exact) mass is 447 g/mol. The third kappa shape index (κ3) is 4.40. The third-order valence-electron chi connectivity index (χ3n) is 4.87. The first-order valence-electron chi connectivity index (χ1n) is 9.79. The average molecular weight is 448 g/mol. The number of benzene rings is 3. The van der Waals surface area contributed by atoms with Crippen LogP contribution in [0.4, 0.5) is 5.69 Å². The molecule has 162 valence electrons. The van der Waals surface area contributed by atoms with Gasteiger partial charge < -0.3 is 19.2 Å². The largest absolute Gasteiger partial charge is 0.497 e. The molecule has 0 saturated heterocycles. The third-order valence-corrected chi connectivity index (χ3v) is 5.07. The molecule has 0 radical (unpaired) electrons. The Hall–Kier alpha value is -3.91. The summed E-state index contributed by atoms with van der Waals surface area (Å²) in [5.74, 6) is 1.42. The molecule has 4 aromatic rings. The lowest BCUT2D eigenvalue weighted by molar-refractivity contribution is 0.0974. The van der Waals surface area contributed by atoms with Crippen molar-refractivity contribution >= 4 is 40.0 Å². The van der Waals surface area contributed by atoms with Gasteiger partial charge in [0, 0.05) is 11.3 Å². The predicted octanol–water partition coefficient (Wildman–Crippen LogP) is 4.95. The van der Waals surface area contributed by atoms with E-state index in [2.05, 4.69) is 15.6 Å². The van der Waals surface area contributed by atoms with E-state index in [1.807, 2.05) is 37.3 Å². The second-order valence-corrected chi connectivity index (χ2v) is 7.40. The summed E-state index contributed by atoms with van der Waals surface area (Å²) in [6.07, 6.45) is 0. The maximum Gasteiger partial charge on any atom is 0.261 e. The van der Waals surface area contributed by atoms with Crippen molar-refractivity contribution in [3.05, 3.63) is 71.8 Å². The molecule has 3 aromatic carbocycles. The van der Waals surface area contributed by atoms with Crippen LogP contribution in [0.1, 0.15) is 15.9 Å². The van der Waals surface area contributed by atoms with Crippen molar-refractivity contribution in [2.75, 3.05) is 19.5 Å². The van der Waals surface area contributed by atoms with E-state index in [4.69, 9.17) is 26.1 Å². The molecule has 0 unspecified atom stereocenters. The summed E-state index contributed by atoms with van der Waals surface area (Å²) in [7, 11) is 3.15. The van der Waals surface area contributed by atoms with Crippen LogP contribution in [-0.4, -0.2) is 30.2 Å². The molecular weight excluding hydrogens is 426 g/mol. The number of para-hydroxylation sites is 1. The van der Waals surface area contributed by atoms with Gasteiger partial charge in [-0.15, -0.1) is 0 Å². The molecule has 32 heavy (non-hydrogen) atoms. The Bertz CT molecular complexity index is 1300. The van der Waals surface area contributed by atoms with Gasteiger partial charge in [-0.05, 0) is 73.2 Å². The first-order chi connectivity index (χ1) is 15.5. The van der Waals surface area contributed by atoms with E-state index in [0.717, 1.165) is 16.9 Å². The summed E-state index contributed by atoms with van der Waals surface area (Å²) in [5.41, 5.74) is 4.09. The molecule has 0 fully saturated rings. The van der Waals surface area contributed by atoms with Gasteiger partial charge in [-0.2, -0.15) is 0 Å². The quantitative estimate of drug-likeness (QED) is 0.419. The first kappa shape index (κ1) is 21.3. The van der Waals surface area contributed by atoms with E-state index in [9.17, 15) is 4.79 Å². The van der Waals surface area contributed by atoms with Gasteiger partial charge in [-0.3, -0.25) is 10.1 Å². The number of amides is 1. The fourth-order valence-electron chi connectivity index (χ4n) is 3.30. The molecule has 0 atom stereocenters. The fourth-order valence-corrected chi connectivity index (χ4v) is 3.51. The molecule has 1 amide bonds. The van der Waals surface area contributed by atoms with Crippen LogP contribution in [0.3, 0.4) is 0 Å². The van der Waals surface area contributed by atoms with Crippen LogP contribution in [0.5, 0.6) is 11.5 Å². The van der Waals surface area contributed by atoms with Crippen LogP contribution in [0.2, 0.25) is 0 Å². The lowest BCUT2D eigenvalue weighted by Crippen LogP contribution is -2.34. The van der Waals surface area contributed by atoms with E-state index in [-0.39, 0.29) is 11.0 Å². The van der Waals surface area contributed by atoms with Crippen molar-refractivity contribution in [2.45, 2.75) is 6.92 Å². The van der Waals surface area contributed by atoms with Gasteiger partial charge in [0.1, 0.15) is 17.0 Å². The highest BCUT2D eigenvalue weighted by atomic mass is 32.1. The number of carbonyl (C=O) groups is 1. The van der Waals surface area contributed by atoms with Gasteiger partial charge in [0.15, 0.2) is 10.7 Å². The van der Waals surface area contributed by atoms with Crippen molar-refractivity contribution < 1.29 is 18.7 Å². The molecule has 4 rings (SSSR count). The van der Waals surface area contributed by atoms with Crippen molar-refractivity contribution in [3.8, 4) is 23.0 Å². The number of aromatic nitrogens is 1. The number of anilines is 1. The zero-order valence-electron chi connectivity index (χ0n) is 17.8. The molecule has 7 nitrogen and oxygen atoms in total. The van der Waals surface area contributed by atoms with E-state index in [1.54, 1.807) is 37.4 Å². The van der Waals surface area contributed by atoms with Crippen molar-refractivity contribution in [1.29, 1.82) is 0 Å². The van der Waals surface area contributed by atoms with Crippen LogP contribution in [0.15, 0.2) is 65.1 Å². The number of thiocarbonyl (C=S) groups is 1. The Balaban J connectivity index is 1.48. The number of hydrogen-bond donors (Lipinski definition) is 2. The summed E-state index contributed by atoms with van der Waals surface area (Å²) < 4.78 is 16.4. The second-order valence-electron chi connectivity index (χ2n) is 6.99. The van der Waals surface area contributed by atoms with Crippen LogP contribution >= 0.6 is 12.2 Å². The number of methoxy groups -OCH3 is 2. The number of nitrogens with zero attached hydrogens (tertiary/aromatic N) is 1. The Morgan fingerprint density at radius 1 is 1.03 bits per heavy atom. The highest BCUT2D eigenvalue weighted by Crippen LogP contribution is 2.27. The van der Waals surface area contributed by atoms with Gasteiger partial charge in [0.05, 0.1) is 19.8 Å². The molecular formula is C24H21N3O4S. The topological polar surface area (TPSA) is 85.6 Å². The molecule has 0 aliphatic rings. The second kappa shape index (κ2) is 9.07. The number of carbonyl (C=O) groups excluding carboxylic acids is 1. The Kier molecular flexibility index (Phi) is 6.04. The summed E-state index contributed by atoms with van der Waals surface area (Å²) in [4.78, 5) is 17.2. The van der Waals surface area contributed by atoms with Crippen molar-refractivity contribution in [1.82, 2.24) is 10.3 Å². The fraction of sp³-hybridized carbons (Fsp3) is 0.125. The zero-order valence-corrected chi connectivity index (χ0v) is 18.6. The van der Waals surface area contributed by atoms with Crippen molar-refractivity contribution in [2.24, 2.45) is 0 Å². The highest BCUT2D eigenvalue weighted by molar-refractivity contribution is 7.80. The van der Waals surface area contributed by atoms with E-state index in [0.29, 0.717) is 34.0 Å². The summed E-state index contributed by atoms with van der Waals surface area (Å²) in [5, 5.41) is 5.86. The normalized spacial score (nSPS) is 10.6. The molecule has 1 aromatic heterocycles. The Morgan fingerprint density at radius 2 is 1.81 bits per heavy atom. The standard InChI is InChI=1S/C24H21N3O4S/c1-14-5-4-6-18(21(14)30-3)22(28)27-24(32)25-16-9-12-20-19(13-16)26-23(31-20)15-7-10-17(29-2)11-8-15/h4-13H,1-3H3,(H2,25,27,28,32). The molecule has 1 heterocycles. The summed E-state index contributed by atoms with van der Waals surface area (Å²) in [6, 6.07) is 18.2. The first-order valence-corrected chi connectivity index (χ1v) is 10.2. The number of aryl methyl sites for hydroxylation is 1. The molecule has 8 heteroatoms. The summed E-state index contributed by atoms with van der Waals surface area (Å²) >= 11 is 5.31. The van der Waals surface area contributed by atoms with E-state index < -0.39 is 0 Å².